The SMILES string of the molecule is Cc1ccc(Br)cc1NC(=O)COc1ccc([N+](=O)[O-])cc1. The van der Waals surface area contributed by atoms with Crippen molar-refractivity contribution >= 4 is 33.2 Å². The molecule has 0 aromatic heterocycles. The fourth-order valence-electron chi connectivity index (χ4n) is 1.73. The molecular formula is C15H13BrN2O4. The molecule has 1 amide bonds. The molecule has 2 aromatic rings. The number of ether oxygens (including phenoxy) is 1. The van der Waals surface area contributed by atoms with Crippen LogP contribution in [0.2, 0.25) is 0 Å². The normalized spacial score (nSPS) is 10.1. The summed E-state index contributed by atoms with van der Waals surface area (Å²) in [6.45, 7) is 1.71. The van der Waals surface area contributed by atoms with E-state index in [2.05, 4.69) is 21.2 Å². The average molecular weight is 365 g/mol. The van der Waals surface area contributed by atoms with E-state index in [0.29, 0.717) is 11.4 Å². The van der Waals surface area contributed by atoms with Crippen molar-refractivity contribution in [2.45, 2.75) is 6.92 Å². The number of non-ortho nitro benzene ring substituents is 1. The van der Waals surface area contributed by atoms with E-state index in [4.69, 9.17) is 4.74 Å². The minimum absolute atomic E-state index is 0.0263. The Balaban J connectivity index is 1.92. The topological polar surface area (TPSA) is 81.5 Å². The number of aryl methyl sites for hydroxylation is 1. The Morgan fingerprint density at radius 1 is 1.27 bits per heavy atom. The molecule has 0 spiro atoms. The van der Waals surface area contributed by atoms with Gasteiger partial charge in [-0.15, -0.1) is 0 Å². The van der Waals surface area contributed by atoms with Gasteiger partial charge in [-0.05, 0) is 36.8 Å². The molecule has 0 heterocycles. The van der Waals surface area contributed by atoms with Gasteiger partial charge in [0.1, 0.15) is 5.75 Å². The third-order valence-corrected chi connectivity index (χ3v) is 3.38. The number of carbonyl (C=O) groups excluding carboxylic acids is 1. The summed E-state index contributed by atoms with van der Waals surface area (Å²) in [4.78, 5) is 21.9. The predicted octanol–water partition coefficient (Wildman–Crippen LogP) is 3.68. The van der Waals surface area contributed by atoms with Crippen LogP contribution in [0.15, 0.2) is 46.9 Å². The third-order valence-electron chi connectivity index (χ3n) is 2.89. The number of amides is 1. The summed E-state index contributed by atoms with van der Waals surface area (Å²) in [5.41, 5.74) is 1.61. The zero-order valence-electron chi connectivity index (χ0n) is 11.7. The fourth-order valence-corrected chi connectivity index (χ4v) is 2.09. The van der Waals surface area contributed by atoms with E-state index in [1.165, 1.54) is 24.3 Å². The van der Waals surface area contributed by atoms with E-state index in [0.717, 1.165) is 10.0 Å². The zero-order valence-corrected chi connectivity index (χ0v) is 13.3. The molecule has 2 rings (SSSR count). The highest BCUT2D eigenvalue weighted by atomic mass is 79.9. The molecule has 22 heavy (non-hydrogen) atoms. The van der Waals surface area contributed by atoms with Gasteiger partial charge in [0.05, 0.1) is 4.92 Å². The number of halogens is 1. The lowest BCUT2D eigenvalue weighted by Gasteiger charge is -2.10. The second kappa shape index (κ2) is 7.04. The monoisotopic (exact) mass is 364 g/mol. The van der Waals surface area contributed by atoms with Crippen LogP contribution in [0, 0.1) is 17.0 Å². The summed E-state index contributed by atoms with van der Waals surface area (Å²) in [7, 11) is 0. The second-order valence-electron chi connectivity index (χ2n) is 4.55. The summed E-state index contributed by atoms with van der Waals surface area (Å²) in [6.07, 6.45) is 0. The highest BCUT2D eigenvalue weighted by molar-refractivity contribution is 9.10. The van der Waals surface area contributed by atoms with E-state index >= 15 is 0 Å². The van der Waals surface area contributed by atoms with Crippen LogP contribution in [0.4, 0.5) is 11.4 Å². The maximum absolute atomic E-state index is 11.9. The van der Waals surface area contributed by atoms with Gasteiger partial charge in [0.15, 0.2) is 6.61 Å². The van der Waals surface area contributed by atoms with Gasteiger partial charge in [0.2, 0.25) is 0 Å². The van der Waals surface area contributed by atoms with Gasteiger partial charge in [-0.1, -0.05) is 22.0 Å². The lowest BCUT2D eigenvalue weighted by molar-refractivity contribution is -0.384. The van der Waals surface area contributed by atoms with E-state index < -0.39 is 4.92 Å². The number of nitro groups is 1. The molecule has 0 saturated heterocycles. The van der Waals surface area contributed by atoms with Gasteiger partial charge in [-0.25, -0.2) is 0 Å². The minimum atomic E-state index is -0.494. The van der Waals surface area contributed by atoms with Crippen LogP contribution in [0.3, 0.4) is 0 Å². The van der Waals surface area contributed by atoms with Gasteiger partial charge in [-0.2, -0.15) is 0 Å². The van der Waals surface area contributed by atoms with Crippen molar-refractivity contribution in [2.75, 3.05) is 11.9 Å². The Hall–Kier alpha value is -2.41. The summed E-state index contributed by atoms with van der Waals surface area (Å²) in [6, 6.07) is 11.1. The van der Waals surface area contributed by atoms with E-state index in [-0.39, 0.29) is 18.2 Å². The minimum Gasteiger partial charge on any atom is -0.484 e. The molecule has 2 aromatic carbocycles. The van der Waals surface area contributed by atoms with Crippen LogP contribution in [0.1, 0.15) is 5.56 Å². The van der Waals surface area contributed by atoms with Crippen LogP contribution < -0.4 is 10.1 Å². The van der Waals surface area contributed by atoms with Gasteiger partial charge < -0.3 is 10.1 Å². The number of hydrogen-bond acceptors (Lipinski definition) is 4. The average Bonchev–Trinajstić information content (AvgIpc) is 2.49. The molecule has 0 aliphatic heterocycles. The lowest BCUT2D eigenvalue weighted by atomic mass is 10.2. The standard InChI is InChI=1S/C15H13BrN2O4/c1-10-2-3-11(16)8-14(10)17-15(19)9-22-13-6-4-12(5-7-13)18(20)21/h2-8H,9H2,1H3,(H,17,19). The molecule has 0 aliphatic carbocycles. The van der Waals surface area contributed by atoms with Crippen LogP contribution in [0.5, 0.6) is 5.75 Å². The molecule has 114 valence electrons. The number of rotatable bonds is 5. The Morgan fingerprint density at radius 2 is 1.95 bits per heavy atom. The summed E-state index contributed by atoms with van der Waals surface area (Å²) >= 11 is 3.34. The highest BCUT2D eigenvalue weighted by Gasteiger charge is 2.08. The first-order chi connectivity index (χ1) is 10.5. The number of carbonyl (C=O) groups is 1. The largest absolute Gasteiger partial charge is 0.484 e. The zero-order chi connectivity index (χ0) is 16.1. The number of hydrogen-bond donors (Lipinski definition) is 1. The summed E-state index contributed by atoms with van der Waals surface area (Å²) in [5, 5.41) is 13.3. The van der Waals surface area contributed by atoms with Gasteiger partial charge >= 0.3 is 0 Å². The first-order valence-corrected chi connectivity index (χ1v) is 7.18. The maximum Gasteiger partial charge on any atom is 0.269 e. The predicted molar refractivity (Wildman–Crippen MR) is 86.1 cm³/mol. The summed E-state index contributed by atoms with van der Waals surface area (Å²) < 4.78 is 6.16. The molecule has 0 atom stereocenters. The summed E-state index contributed by atoms with van der Waals surface area (Å²) in [5.74, 6) is 0.0891. The Bertz CT molecular complexity index is 701. The van der Waals surface area contributed by atoms with Crippen LogP contribution in [-0.4, -0.2) is 17.4 Å². The number of anilines is 1. The van der Waals surface area contributed by atoms with Crippen molar-refractivity contribution < 1.29 is 14.5 Å². The molecule has 1 N–H and O–H groups in total. The highest BCUT2D eigenvalue weighted by Crippen LogP contribution is 2.21. The quantitative estimate of drug-likeness (QED) is 0.647. The van der Waals surface area contributed by atoms with E-state index in [1.54, 1.807) is 6.07 Å². The molecule has 0 fully saturated rings. The van der Waals surface area contributed by atoms with Crippen molar-refractivity contribution in [2.24, 2.45) is 0 Å². The first-order valence-electron chi connectivity index (χ1n) is 6.39. The van der Waals surface area contributed by atoms with Crippen molar-refractivity contribution in [3.8, 4) is 5.75 Å². The van der Waals surface area contributed by atoms with Crippen LogP contribution in [-0.2, 0) is 4.79 Å². The van der Waals surface area contributed by atoms with Crippen molar-refractivity contribution in [3.63, 3.8) is 0 Å². The lowest BCUT2D eigenvalue weighted by Crippen LogP contribution is -2.20. The molecular weight excluding hydrogens is 352 g/mol. The van der Waals surface area contributed by atoms with Gasteiger partial charge in [-0.3, -0.25) is 14.9 Å². The molecule has 7 heteroatoms. The van der Waals surface area contributed by atoms with Crippen molar-refractivity contribution in [1.29, 1.82) is 0 Å². The van der Waals surface area contributed by atoms with Crippen LogP contribution in [0.25, 0.3) is 0 Å². The third kappa shape index (κ3) is 4.29. The Morgan fingerprint density at radius 3 is 2.59 bits per heavy atom. The molecule has 0 aliphatic rings. The van der Waals surface area contributed by atoms with E-state index in [9.17, 15) is 14.9 Å². The van der Waals surface area contributed by atoms with Crippen LogP contribution >= 0.6 is 15.9 Å². The van der Waals surface area contributed by atoms with Crippen molar-refractivity contribution in [3.05, 3.63) is 62.6 Å². The number of benzene rings is 2. The smallest absolute Gasteiger partial charge is 0.269 e. The van der Waals surface area contributed by atoms with Gasteiger partial charge in [0.25, 0.3) is 11.6 Å². The maximum atomic E-state index is 11.9. The Labute approximate surface area is 135 Å². The molecule has 0 radical (unpaired) electrons. The molecule has 6 nitrogen and oxygen atoms in total. The Kier molecular flexibility index (Phi) is 5.11. The fraction of sp³-hybridized carbons (Fsp3) is 0.133. The number of nitro benzene ring substituents is 1. The number of nitrogens with zero attached hydrogens (tertiary/aromatic N) is 1. The van der Waals surface area contributed by atoms with Crippen molar-refractivity contribution in [1.82, 2.24) is 0 Å². The first kappa shape index (κ1) is 16.0. The molecule has 0 saturated carbocycles. The van der Waals surface area contributed by atoms with Gasteiger partial charge in [0, 0.05) is 22.3 Å². The second-order valence-corrected chi connectivity index (χ2v) is 5.46. The molecule has 0 unspecified atom stereocenters. The number of nitrogens with one attached hydrogen (secondary N) is 1. The van der Waals surface area contributed by atoms with E-state index in [1.807, 2.05) is 19.1 Å². The molecule has 0 bridgehead atoms.